The normalized spacial score (nSPS) is 24.7. The van der Waals surface area contributed by atoms with E-state index in [0.717, 1.165) is 39.0 Å². The number of β-amino-alcohol motifs (C(OH)–C–C–N with tert-alkyl or cyclic N) is 1. The SMILES string of the molecule is COC(=O)C1CN(C(C)(C)CCC2(O)CN(C)C2)C1. The maximum atomic E-state index is 11.4. The van der Waals surface area contributed by atoms with Crippen molar-refractivity contribution in [1.82, 2.24) is 9.80 Å². The average molecular weight is 270 g/mol. The van der Waals surface area contributed by atoms with E-state index in [1.807, 2.05) is 7.05 Å². The zero-order chi connectivity index (χ0) is 14.3. The number of methoxy groups -OCH3 is 1. The zero-order valence-electron chi connectivity index (χ0n) is 12.5. The van der Waals surface area contributed by atoms with Gasteiger partial charge in [0.1, 0.15) is 0 Å². The van der Waals surface area contributed by atoms with E-state index < -0.39 is 5.60 Å². The summed E-state index contributed by atoms with van der Waals surface area (Å²) in [5, 5.41) is 10.3. The molecule has 2 heterocycles. The van der Waals surface area contributed by atoms with Crippen molar-refractivity contribution >= 4 is 5.97 Å². The number of hydrogen-bond acceptors (Lipinski definition) is 5. The number of nitrogens with zero attached hydrogens (tertiary/aromatic N) is 2. The fourth-order valence-corrected chi connectivity index (χ4v) is 3.10. The third kappa shape index (κ3) is 3.09. The van der Waals surface area contributed by atoms with Crippen LogP contribution in [0.3, 0.4) is 0 Å². The lowest BCUT2D eigenvalue weighted by molar-refractivity contribution is -0.155. The van der Waals surface area contributed by atoms with Crippen LogP contribution < -0.4 is 0 Å². The second kappa shape index (κ2) is 5.04. The number of likely N-dealkylation sites (N-methyl/N-ethyl adjacent to an activating group) is 1. The molecule has 0 radical (unpaired) electrons. The van der Waals surface area contributed by atoms with E-state index in [2.05, 4.69) is 23.6 Å². The van der Waals surface area contributed by atoms with Gasteiger partial charge in [-0.25, -0.2) is 0 Å². The van der Waals surface area contributed by atoms with E-state index in [0.29, 0.717) is 0 Å². The van der Waals surface area contributed by atoms with Crippen molar-refractivity contribution in [2.75, 3.05) is 40.3 Å². The van der Waals surface area contributed by atoms with E-state index in [4.69, 9.17) is 4.74 Å². The molecule has 5 nitrogen and oxygen atoms in total. The average Bonchev–Trinajstić information content (AvgIpc) is 2.22. The maximum Gasteiger partial charge on any atom is 0.311 e. The highest BCUT2D eigenvalue weighted by atomic mass is 16.5. The summed E-state index contributed by atoms with van der Waals surface area (Å²) in [6.07, 6.45) is 1.77. The van der Waals surface area contributed by atoms with E-state index in [1.54, 1.807) is 0 Å². The van der Waals surface area contributed by atoms with Crippen molar-refractivity contribution in [2.24, 2.45) is 5.92 Å². The molecule has 0 aromatic carbocycles. The van der Waals surface area contributed by atoms with Gasteiger partial charge in [-0.15, -0.1) is 0 Å². The van der Waals surface area contributed by atoms with Crippen LogP contribution in [0, 0.1) is 5.92 Å². The van der Waals surface area contributed by atoms with Crippen LogP contribution in [-0.4, -0.2) is 72.4 Å². The second-order valence-electron chi connectivity index (χ2n) is 6.83. The minimum absolute atomic E-state index is 0.0298. The summed E-state index contributed by atoms with van der Waals surface area (Å²) in [5.74, 6) is -0.0755. The lowest BCUT2D eigenvalue weighted by Crippen LogP contribution is -2.62. The monoisotopic (exact) mass is 270 g/mol. The van der Waals surface area contributed by atoms with Gasteiger partial charge in [-0.05, 0) is 33.7 Å². The topological polar surface area (TPSA) is 53.0 Å². The van der Waals surface area contributed by atoms with Crippen LogP contribution in [-0.2, 0) is 9.53 Å². The van der Waals surface area contributed by atoms with Gasteiger partial charge in [-0.2, -0.15) is 0 Å². The first-order valence-electron chi connectivity index (χ1n) is 7.00. The molecule has 2 saturated heterocycles. The van der Waals surface area contributed by atoms with Crippen molar-refractivity contribution in [3.05, 3.63) is 0 Å². The smallest absolute Gasteiger partial charge is 0.311 e. The first-order chi connectivity index (χ1) is 8.76. The second-order valence-corrected chi connectivity index (χ2v) is 6.83. The first kappa shape index (κ1) is 14.8. The predicted octanol–water partition coefficient (Wildman–Crippen LogP) is 0.327. The van der Waals surface area contributed by atoms with Gasteiger partial charge in [-0.3, -0.25) is 9.69 Å². The van der Waals surface area contributed by atoms with Gasteiger partial charge in [-0.1, -0.05) is 0 Å². The number of likely N-dealkylation sites (tertiary alicyclic amines) is 2. The van der Waals surface area contributed by atoms with Crippen molar-refractivity contribution < 1.29 is 14.6 Å². The Hall–Kier alpha value is -0.650. The van der Waals surface area contributed by atoms with Gasteiger partial charge in [0.15, 0.2) is 0 Å². The molecule has 0 spiro atoms. The molecule has 1 N–H and O–H groups in total. The molecule has 2 aliphatic rings. The quantitative estimate of drug-likeness (QED) is 0.730. The Morgan fingerprint density at radius 1 is 1.42 bits per heavy atom. The Labute approximate surface area is 115 Å². The minimum Gasteiger partial charge on any atom is -0.469 e. The molecule has 19 heavy (non-hydrogen) atoms. The summed E-state index contributed by atoms with van der Waals surface area (Å²) < 4.78 is 4.76. The molecule has 5 heteroatoms. The molecule has 0 saturated carbocycles. The van der Waals surface area contributed by atoms with Crippen LogP contribution in [0.4, 0.5) is 0 Å². The molecular weight excluding hydrogens is 244 g/mol. The van der Waals surface area contributed by atoms with Crippen LogP contribution >= 0.6 is 0 Å². The Kier molecular flexibility index (Phi) is 3.91. The minimum atomic E-state index is -0.501. The molecule has 0 aromatic heterocycles. The van der Waals surface area contributed by atoms with Gasteiger partial charge in [0.2, 0.25) is 0 Å². The highest BCUT2D eigenvalue weighted by Crippen LogP contribution is 2.33. The molecule has 0 amide bonds. The van der Waals surface area contributed by atoms with E-state index >= 15 is 0 Å². The number of rotatable bonds is 5. The number of hydrogen-bond donors (Lipinski definition) is 1. The summed E-state index contributed by atoms with van der Waals surface area (Å²) in [4.78, 5) is 15.8. The highest BCUT2D eigenvalue weighted by molar-refractivity contribution is 5.73. The Morgan fingerprint density at radius 2 is 2.00 bits per heavy atom. The molecule has 0 unspecified atom stereocenters. The van der Waals surface area contributed by atoms with Gasteiger partial charge in [0.05, 0.1) is 18.6 Å². The summed E-state index contributed by atoms with van der Waals surface area (Å²) in [5.41, 5.74) is -0.465. The van der Waals surface area contributed by atoms with E-state index in [9.17, 15) is 9.90 Å². The Balaban J connectivity index is 1.76. The molecule has 2 aliphatic heterocycles. The number of esters is 1. The summed E-state index contributed by atoms with van der Waals surface area (Å²) in [7, 11) is 3.47. The summed E-state index contributed by atoms with van der Waals surface area (Å²) >= 11 is 0. The fourth-order valence-electron chi connectivity index (χ4n) is 3.10. The zero-order valence-corrected chi connectivity index (χ0v) is 12.5. The number of ether oxygens (including phenoxy) is 1. The van der Waals surface area contributed by atoms with Crippen LogP contribution in [0.5, 0.6) is 0 Å². The molecule has 0 bridgehead atoms. The third-order valence-electron chi connectivity index (χ3n) is 4.60. The van der Waals surface area contributed by atoms with Gasteiger partial charge in [0.25, 0.3) is 0 Å². The van der Waals surface area contributed by atoms with Crippen LogP contribution in [0.15, 0.2) is 0 Å². The standard InChI is InChI=1S/C14H26N2O3/c1-13(2,5-6-14(18)9-15(3)10-14)16-7-11(8-16)12(17)19-4/h11,18H,5-10H2,1-4H3. The third-order valence-corrected chi connectivity index (χ3v) is 4.60. The Bertz CT molecular complexity index is 345. The van der Waals surface area contributed by atoms with Crippen molar-refractivity contribution in [3.63, 3.8) is 0 Å². The Morgan fingerprint density at radius 3 is 2.47 bits per heavy atom. The van der Waals surface area contributed by atoms with Crippen LogP contribution in [0.1, 0.15) is 26.7 Å². The molecule has 2 fully saturated rings. The number of aliphatic hydroxyl groups is 1. The number of carbonyl (C=O) groups is 1. The van der Waals surface area contributed by atoms with Crippen molar-refractivity contribution in [2.45, 2.75) is 37.8 Å². The first-order valence-corrected chi connectivity index (χ1v) is 7.00. The molecule has 2 rings (SSSR count). The predicted molar refractivity (Wildman–Crippen MR) is 72.8 cm³/mol. The molecule has 0 aromatic rings. The van der Waals surface area contributed by atoms with Crippen LogP contribution in [0.25, 0.3) is 0 Å². The lowest BCUT2D eigenvalue weighted by Gasteiger charge is -2.51. The molecular formula is C14H26N2O3. The highest BCUT2D eigenvalue weighted by Gasteiger charge is 2.44. The van der Waals surface area contributed by atoms with E-state index in [-0.39, 0.29) is 17.4 Å². The van der Waals surface area contributed by atoms with Crippen molar-refractivity contribution in [3.8, 4) is 0 Å². The van der Waals surface area contributed by atoms with Crippen molar-refractivity contribution in [1.29, 1.82) is 0 Å². The summed E-state index contributed by atoms with van der Waals surface area (Å²) in [6.45, 7) is 7.47. The van der Waals surface area contributed by atoms with Crippen LogP contribution in [0.2, 0.25) is 0 Å². The largest absolute Gasteiger partial charge is 0.469 e. The van der Waals surface area contributed by atoms with E-state index in [1.165, 1.54) is 7.11 Å². The van der Waals surface area contributed by atoms with Gasteiger partial charge < -0.3 is 14.7 Å². The fraction of sp³-hybridized carbons (Fsp3) is 0.929. The summed E-state index contributed by atoms with van der Waals surface area (Å²) in [6, 6.07) is 0. The molecule has 110 valence electrons. The lowest BCUT2D eigenvalue weighted by atomic mass is 9.81. The number of carbonyl (C=O) groups excluding carboxylic acids is 1. The maximum absolute atomic E-state index is 11.4. The van der Waals surface area contributed by atoms with Gasteiger partial charge >= 0.3 is 5.97 Å². The molecule has 0 atom stereocenters. The van der Waals surface area contributed by atoms with Gasteiger partial charge in [0, 0.05) is 31.7 Å². The molecule has 0 aliphatic carbocycles.